The van der Waals surface area contributed by atoms with Gasteiger partial charge in [-0.05, 0) is 90.4 Å². The molecule has 2 aliphatic heterocycles. The van der Waals surface area contributed by atoms with Gasteiger partial charge in [0.25, 0.3) is 11.8 Å². The highest BCUT2D eigenvalue weighted by atomic mass is 35.5. The van der Waals surface area contributed by atoms with Gasteiger partial charge in [0, 0.05) is 47.1 Å². The van der Waals surface area contributed by atoms with Crippen LogP contribution in [0.5, 0.6) is 5.75 Å². The van der Waals surface area contributed by atoms with Crippen molar-refractivity contribution in [1.82, 2.24) is 25.1 Å². The number of nitrogens with one attached hydrogen (secondary N) is 1. The maximum absolute atomic E-state index is 15.7. The SMILES string of the molecule is COc1cccc2c1CC(F)(F)C2Nc1nccc2cc(-c3c4c(nc(C[C@H]5CCc6cc(Cl)ccc65)c3-c3nnc(C)o3)C3CCCN3C4=O)sc12. The average molecular weight is 751 g/mol. The van der Waals surface area contributed by atoms with Crippen LogP contribution in [0.4, 0.5) is 14.6 Å². The van der Waals surface area contributed by atoms with Crippen molar-refractivity contribution in [3.63, 3.8) is 0 Å². The second kappa shape index (κ2) is 12.0. The maximum atomic E-state index is 15.7. The molecular formula is C40H33ClF2N6O3S. The van der Waals surface area contributed by atoms with E-state index in [9.17, 15) is 4.79 Å². The van der Waals surface area contributed by atoms with E-state index in [0.717, 1.165) is 52.4 Å². The fourth-order valence-corrected chi connectivity index (χ4v) is 10.4. The number of rotatable bonds is 7. The van der Waals surface area contributed by atoms with E-state index >= 15 is 8.78 Å². The Morgan fingerprint density at radius 2 is 1.98 bits per heavy atom. The summed E-state index contributed by atoms with van der Waals surface area (Å²) in [6.45, 7) is 2.40. The fourth-order valence-electron chi connectivity index (χ4n) is 9.00. The zero-order valence-electron chi connectivity index (χ0n) is 28.9. The number of nitrogens with zero attached hydrogens (tertiary/aromatic N) is 5. The first kappa shape index (κ1) is 32.7. The van der Waals surface area contributed by atoms with Crippen molar-refractivity contribution >= 4 is 44.7 Å². The number of hydrogen-bond donors (Lipinski definition) is 1. The lowest BCUT2D eigenvalue weighted by Crippen LogP contribution is -2.28. The molecule has 3 atom stereocenters. The van der Waals surface area contributed by atoms with Crippen LogP contribution in [0.2, 0.25) is 5.02 Å². The van der Waals surface area contributed by atoms with E-state index in [1.165, 1.54) is 29.6 Å². The van der Waals surface area contributed by atoms with Crippen LogP contribution in [-0.2, 0) is 19.3 Å². The third kappa shape index (κ3) is 5.09. The number of thiophene rings is 1. The molecule has 53 heavy (non-hydrogen) atoms. The number of pyridine rings is 2. The van der Waals surface area contributed by atoms with Crippen molar-refractivity contribution in [2.75, 3.05) is 19.0 Å². The Morgan fingerprint density at radius 1 is 1.09 bits per heavy atom. The van der Waals surface area contributed by atoms with E-state index in [1.807, 2.05) is 29.2 Å². The summed E-state index contributed by atoms with van der Waals surface area (Å²) in [5.74, 6) is -1.50. The zero-order valence-corrected chi connectivity index (χ0v) is 30.5. The number of ether oxygens (including phenoxy) is 1. The summed E-state index contributed by atoms with van der Waals surface area (Å²) < 4.78 is 43.7. The maximum Gasteiger partial charge on any atom is 0.276 e. The van der Waals surface area contributed by atoms with Crippen LogP contribution in [-0.4, -0.2) is 50.5 Å². The Bertz CT molecular complexity index is 2500. The molecule has 0 radical (unpaired) electrons. The minimum atomic E-state index is -3.08. The summed E-state index contributed by atoms with van der Waals surface area (Å²) in [4.78, 5) is 27.0. The molecule has 4 aliphatic rings. The van der Waals surface area contributed by atoms with E-state index in [-0.39, 0.29) is 17.9 Å². The second-order valence-electron chi connectivity index (χ2n) is 14.4. The molecule has 1 amide bonds. The number of fused-ring (bicyclic) bond motifs is 6. The molecule has 13 heteroatoms. The predicted molar refractivity (Wildman–Crippen MR) is 198 cm³/mol. The Morgan fingerprint density at radius 3 is 2.81 bits per heavy atom. The van der Waals surface area contributed by atoms with Crippen molar-refractivity contribution in [3.8, 4) is 27.6 Å². The molecule has 6 heterocycles. The second-order valence-corrected chi connectivity index (χ2v) is 15.9. The van der Waals surface area contributed by atoms with Crippen LogP contribution in [0.1, 0.15) is 87.2 Å². The highest BCUT2D eigenvalue weighted by molar-refractivity contribution is 7.23. The van der Waals surface area contributed by atoms with E-state index in [1.54, 1.807) is 31.3 Å². The Labute approximate surface area is 312 Å². The van der Waals surface area contributed by atoms with Gasteiger partial charge in [-0.3, -0.25) is 9.78 Å². The molecule has 268 valence electrons. The van der Waals surface area contributed by atoms with Gasteiger partial charge in [0.15, 0.2) is 0 Å². The van der Waals surface area contributed by atoms with E-state index in [0.29, 0.717) is 68.8 Å². The largest absolute Gasteiger partial charge is 0.496 e. The third-order valence-corrected chi connectivity index (χ3v) is 12.7. The third-order valence-electron chi connectivity index (χ3n) is 11.3. The van der Waals surface area contributed by atoms with Gasteiger partial charge >= 0.3 is 0 Å². The lowest BCUT2D eigenvalue weighted by molar-refractivity contribution is -0.00734. The first-order valence-corrected chi connectivity index (χ1v) is 19.0. The van der Waals surface area contributed by atoms with Crippen LogP contribution in [0.25, 0.3) is 32.0 Å². The Kier molecular flexibility index (Phi) is 7.43. The topological polar surface area (TPSA) is 106 Å². The number of carbonyl (C=O) groups is 1. The van der Waals surface area contributed by atoms with Gasteiger partial charge in [-0.2, -0.15) is 0 Å². The number of aromatic nitrogens is 4. The molecular weight excluding hydrogens is 718 g/mol. The number of carbonyl (C=O) groups excluding carboxylic acids is 1. The summed E-state index contributed by atoms with van der Waals surface area (Å²) in [7, 11) is 1.49. The molecule has 10 rings (SSSR count). The van der Waals surface area contributed by atoms with Crippen LogP contribution >= 0.6 is 22.9 Å². The van der Waals surface area contributed by atoms with Crippen LogP contribution < -0.4 is 10.1 Å². The van der Waals surface area contributed by atoms with Crippen LogP contribution in [0.3, 0.4) is 0 Å². The summed E-state index contributed by atoms with van der Waals surface area (Å²) in [5, 5.41) is 13.3. The zero-order chi connectivity index (χ0) is 36.2. The van der Waals surface area contributed by atoms with Gasteiger partial charge < -0.3 is 19.4 Å². The minimum absolute atomic E-state index is 0.0695. The van der Waals surface area contributed by atoms with Gasteiger partial charge in [-0.1, -0.05) is 29.8 Å². The standard InChI is InChI=1S/C40H33ClF2N6O3S/c1-19-47-48-38(52-19)31-27(16-21-9-8-20-15-23(41)10-11-24(20)21)45-34-28-6-4-14-49(28)39(50)33(34)32(31)30-17-22-12-13-44-37(35(22)53-30)46-36-25-5-3-7-29(51-2)26(25)18-40(36,42)43/h3,5,7,10-13,15,17,21,28,36H,4,6,8-9,14,16,18H2,1-2H3,(H,44,46)/t21-,28?,36?/m1/s1. The van der Waals surface area contributed by atoms with E-state index in [2.05, 4.69) is 26.6 Å². The van der Waals surface area contributed by atoms with Crippen molar-refractivity contribution in [1.29, 1.82) is 0 Å². The number of aryl methyl sites for hydroxylation is 2. The van der Waals surface area contributed by atoms with Gasteiger partial charge in [0.1, 0.15) is 17.6 Å². The molecule has 4 aromatic heterocycles. The summed E-state index contributed by atoms with van der Waals surface area (Å²) >= 11 is 7.78. The number of amides is 1. The first-order valence-electron chi connectivity index (χ1n) is 17.8. The Hall–Kier alpha value is -4.94. The van der Waals surface area contributed by atoms with Crippen LogP contribution in [0, 0.1) is 6.92 Å². The van der Waals surface area contributed by atoms with Crippen LogP contribution in [0.15, 0.2) is 59.1 Å². The summed E-state index contributed by atoms with van der Waals surface area (Å²) in [6.07, 6.45) is 5.38. The number of alkyl halides is 2. The van der Waals surface area contributed by atoms with Gasteiger partial charge in [-0.25, -0.2) is 13.8 Å². The van der Waals surface area contributed by atoms with Gasteiger partial charge in [0.05, 0.1) is 40.4 Å². The Balaban J connectivity index is 1.15. The van der Waals surface area contributed by atoms with E-state index in [4.69, 9.17) is 25.7 Å². The first-order chi connectivity index (χ1) is 25.7. The molecule has 2 unspecified atom stereocenters. The highest BCUT2D eigenvalue weighted by Crippen LogP contribution is 2.53. The van der Waals surface area contributed by atoms with Gasteiger partial charge in [-0.15, -0.1) is 21.5 Å². The number of benzene rings is 2. The number of anilines is 1. The molecule has 0 bridgehead atoms. The number of halogens is 3. The summed E-state index contributed by atoms with van der Waals surface area (Å²) in [5.41, 5.74) is 6.90. The molecule has 1 fully saturated rings. The lowest BCUT2D eigenvalue weighted by Gasteiger charge is -2.22. The number of hydrogen-bond acceptors (Lipinski definition) is 9. The molecule has 1 saturated heterocycles. The average Bonchev–Trinajstić information content (AvgIpc) is 3.99. The smallest absolute Gasteiger partial charge is 0.276 e. The highest BCUT2D eigenvalue weighted by Gasteiger charge is 2.49. The van der Waals surface area contributed by atoms with Crippen molar-refractivity contribution in [2.45, 2.75) is 69.4 Å². The molecule has 0 spiro atoms. The van der Waals surface area contributed by atoms with Crippen molar-refractivity contribution in [3.05, 3.63) is 105 Å². The summed E-state index contributed by atoms with van der Waals surface area (Å²) in [6, 6.07) is 13.7. The van der Waals surface area contributed by atoms with Gasteiger partial charge in [0.2, 0.25) is 11.8 Å². The quantitative estimate of drug-likeness (QED) is 0.172. The fraction of sp³-hybridized carbons (Fsp3) is 0.325. The molecule has 0 saturated carbocycles. The molecule has 2 aliphatic carbocycles. The molecule has 1 N–H and O–H groups in total. The van der Waals surface area contributed by atoms with Crippen molar-refractivity contribution in [2.24, 2.45) is 0 Å². The number of methoxy groups -OCH3 is 1. The molecule has 9 nitrogen and oxygen atoms in total. The monoisotopic (exact) mass is 750 g/mol. The predicted octanol–water partition coefficient (Wildman–Crippen LogP) is 9.29. The minimum Gasteiger partial charge on any atom is -0.496 e. The molecule has 6 aromatic rings. The van der Waals surface area contributed by atoms with Crippen molar-refractivity contribution < 1.29 is 22.7 Å². The normalized spacial score (nSPS) is 20.9. The van der Waals surface area contributed by atoms with E-state index < -0.39 is 18.4 Å². The molecule has 2 aromatic carbocycles. The lowest BCUT2D eigenvalue weighted by atomic mass is 9.89.